The fourth-order valence-corrected chi connectivity index (χ4v) is 2.35. The molecule has 1 amide bonds. The van der Waals surface area contributed by atoms with Crippen LogP contribution in [0.25, 0.3) is 0 Å². The first-order valence-electron chi connectivity index (χ1n) is 6.81. The number of nitrogens with zero attached hydrogens (tertiary/aromatic N) is 2. The van der Waals surface area contributed by atoms with Gasteiger partial charge in [0.2, 0.25) is 0 Å². The number of carbonyl (C=O) groups excluding carboxylic acids is 1. The Morgan fingerprint density at radius 1 is 1.58 bits per heavy atom. The average molecular weight is 263 g/mol. The molecule has 0 aliphatic carbocycles. The number of aromatic nitrogens is 1. The van der Waals surface area contributed by atoms with Crippen molar-refractivity contribution in [2.45, 2.75) is 32.7 Å². The molecule has 0 unspecified atom stereocenters. The molecule has 1 atom stereocenters. The quantitative estimate of drug-likeness (QED) is 0.907. The van der Waals surface area contributed by atoms with Crippen LogP contribution >= 0.6 is 0 Å². The van der Waals surface area contributed by atoms with E-state index < -0.39 is 0 Å². The fourth-order valence-electron chi connectivity index (χ4n) is 2.35. The molecule has 1 aromatic rings. The van der Waals surface area contributed by atoms with Gasteiger partial charge in [-0.05, 0) is 38.8 Å². The van der Waals surface area contributed by atoms with E-state index in [0.717, 1.165) is 37.4 Å². The van der Waals surface area contributed by atoms with Crippen molar-refractivity contribution in [3.63, 3.8) is 0 Å². The zero-order valence-corrected chi connectivity index (χ0v) is 11.6. The van der Waals surface area contributed by atoms with Crippen LogP contribution in [-0.4, -0.2) is 36.8 Å². The summed E-state index contributed by atoms with van der Waals surface area (Å²) in [4.78, 5) is 18.2. The number of aryl methyl sites for hydroxylation is 1. The van der Waals surface area contributed by atoms with Crippen LogP contribution in [0.15, 0.2) is 18.2 Å². The van der Waals surface area contributed by atoms with E-state index >= 15 is 0 Å². The van der Waals surface area contributed by atoms with Crippen molar-refractivity contribution in [2.75, 3.05) is 24.6 Å². The van der Waals surface area contributed by atoms with Gasteiger partial charge in [-0.2, -0.15) is 0 Å². The molecule has 1 aliphatic rings. The maximum absolute atomic E-state index is 11.4. The Labute approximate surface area is 114 Å². The molecule has 1 saturated heterocycles. The summed E-state index contributed by atoms with van der Waals surface area (Å²) in [5.41, 5.74) is 1.01. The van der Waals surface area contributed by atoms with Gasteiger partial charge in [-0.1, -0.05) is 6.07 Å². The molecule has 104 valence electrons. The Kier molecular flexibility index (Phi) is 4.60. The van der Waals surface area contributed by atoms with Gasteiger partial charge >= 0.3 is 6.09 Å². The van der Waals surface area contributed by atoms with Gasteiger partial charge in [0.05, 0.1) is 6.61 Å². The summed E-state index contributed by atoms with van der Waals surface area (Å²) in [6.07, 6.45) is 1.71. The number of anilines is 1. The predicted octanol–water partition coefficient (Wildman–Crippen LogP) is 2.10. The first-order chi connectivity index (χ1) is 9.19. The number of hydrogen-bond acceptors (Lipinski definition) is 4. The second kappa shape index (κ2) is 6.41. The molecule has 1 aromatic heterocycles. The molecule has 0 bridgehead atoms. The second-order valence-corrected chi connectivity index (χ2v) is 4.79. The average Bonchev–Trinajstić information content (AvgIpc) is 2.39. The van der Waals surface area contributed by atoms with E-state index in [9.17, 15) is 4.79 Å². The first-order valence-corrected chi connectivity index (χ1v) is 6.81. The van der Waals surface area contributed by atoms with Crippen LogP contribution in [0.4, 0.5) is 10.6 Å². The Hall–Kier alpha value is -1.78. The summed E-state index contributed by atoms with van der Waals surface area (Å²) in [5, 5.41) is 2.90. The van der Waals surface area contributed by atoms with Crippen LogP contribution in [0.3, 0.4) is 0 Å². The molecule has 5 nitrogen and oxygen atoms in total. The minimum absolute atomic E-state index is 0.134. The lowest BCUT2D eigenvalue weighted by molar-refractivity contribution is 0.146. The molecule has 19 heavy (non-hydrogen) atoms. The highest BCUT2D eigenvalue weighted by molar-refractivity contribution is 5.67. The third kappa shape index (κ3) is 3.84. The summed E-state index contributed by atoms with van der Waals surface area (Å²) in [6.45, 7) is 5.97. The van der Waals surface area contributed by atoms with E-state index in [-0.39, 0.29) is 12.1 Å². The zero-order chi connectivity index (χ0) is 13.7. The molecule has 0 aromatic carbocycles. The maximum atomic E-state index is 11.4. The Morgan fingerprint density at radius 2 is 2.42 bits per heavy atom. The molecule has 5 heteroatoms. The van der Waals surface area contributed by atoms with Crippen molar-refractivity contribution in [3.8, 4) is 0 Å². The van der Waals surface area contributed by atoms with Gasteiger partial charge in [-0.15, -0.1) is 0 Å². The number of hydrogen-bond donors (Lipinski definition) is 1. The van der Waals surface area contributed by atoms with Crippen LogP contribution in [0.2, 0.25) is 0 Å². The highest BCUT2D eigenvalue weighted by atomic mass is 16.5. The summed E-state index contributed by atoms with van der Waals surface area (Å²) in [5.74, 6) is 0.982. The smallest absolute Gasteiger partial charge is 0.407 e. The molecule has 0 saturated carbocycles. The topological polar surface area (TPSA) is 54.5 Å². The lowest BCUT2D eigenvalue weighted by Crippen LogP contribution is -2.48. The van der Waals surface area contributed by atoms with E-state index in [1.165, 1.54) is 0 Å². The monoisotopic (exact) mass is 263 g/mol. The standard InChI is InChI=1S/C14H21N3O2/c1-3-19-14(18)16-12-7-5-9-17(10-12)13-8-4-6-11(2)15-13/h4,6,8,12H,3,5,7,9-10H2,1-2H3,(H,16,18)/t12-/m1/s1. The highest BCUT2D eigenvalue weighted by Gasteiger charge is 2.22. The maximum Gasteiger partial charge on any atom is 0.407 e. The van der Waals surface area contributed by atoms with Crippen LogP contribution in [0, 0.1) is 6.92 Å². The third-order valence-corrected chi connectivity index (χ3v) is 3.22. The van der Waals surface area contributed by atoms with Gasteiger partial charge in [-0.25, -0.2) is 9.78 Å². The number of carbonyl (C=O) groups is 1. The number of piperidine rings is 1. The number of amides is 1. The van der Waals surface area contributed by atoms with Gasteiger partial charge in [-0.3, -0.25) is 0 Å². The van der Waals surface area contributed by atoms with Gasteiger partial charge in [0.25, 0.3) is 0 Å². The van der Waals surface area contributed by atoms with E-state index in [2.05, 4.69) is 15.2 Å². The van der Waals surface area contributed by atoms with Crippen molar-refractivity contribution >= 4 is 11.9 Å². The molecular formula is C14H21N3O2. The molecule has 2 rings (SSSR count). The van der Waals surface area contributed by atoms with Crippen molar-refractivity contribution in [1.29, 1.82) is 0 Å². The van der Waals surface area contributed by atoms with Gasteiger partial charge < -0.3 is 15.0 Å². The third-order valence-electron chi connectivity index (χ3n) is 3.22. The predicted molar refractivity (Wildman–Crippen MR) is 74.4 cm³/mol. The lowest BCUT2D eigenvalue weighted by atomic mass is 10.1. The summed E-state index contributed by atoms with van der Waals surface area (Å²) in [6, 6.07) is 6.15. The Balaban J connectivity index is 1.95. The fraction of sp³-hybridized carbons (Fsp3) is 0.571. The molecule has 1 aliphatic heterocycles. The molecule has 2 heterocycles. The van der Waals surface area contributed by atoms with Crippen molar-refractivity contribution < 1.29 is 9.53 Å². The summed E-state index contributed by atoms with van der Waals surface area (Å²) < 4.78 is 4.92. The minimum atomic E-state index is -0.327. The summed E-state index contributed by atoms with van der Waals surface area (Å²) >= 11 is 0. The van der Waals surface area contributed by atoms with Crippen molar-refractivity contribution in [2.24, 2.45) is 0 Å². The first kappa shape index (κ1) is 13.6. The van der Waals surface area contributed by atoms with E-state index in [0.29, 0.717) is 6.61 Å². The van der Waals surface area contributed by atoms with E-state index in [1.54, 1.807) is 0 Å². The number of pyridine rings is 1. The lowest BCUT2D eigenvalue weighted by Gasteiger charge is -2.33. The van der Waals surface area contributed by atoms with Gasteiger partial charge in [0.15, 0.2) is 0 Å². The number of ether oxygens (including phenoxy) is 1. The molecule has 1 N–H and O–H groups in total. The summed E-state index contributed by atoms with van der Waals surface area (Å²) in [7, 11) is 0. The van der Waals surface area contributed by atoms with Crippen LogP contribution < -0.4 is 10.2 Å². The Bertz CT molecular complexity index is 436. The highest BCUT2D eigenvalue weighted by Crippen LogP contribution is 2.18. The Morgan fingerprint density at radius 3 is 3.16 bits per heavy atom. The SMILES string of the molecule is CCOC(=O)N[C@@H]1CCCN(c2cccc(C)n2)C1. The van der Waals surface area contributed by atoms with E-state index in [1.807, 2.05) is 32.0 Å². The largest absolute Gasteiger partial charge is 0.450 e. The number of rotatable bonds is 3. The van der Waals surface area contributed by atoms with Gasteiger partial charge in [0, 0.05) is 24.8 Å². The molecule has 0 spiro atoms. The number of nitrogens with one attached hydrogen (secondary N) is 1. The normalized spacial score (nSPS) is 19.1. The number of alkyl carbamates (subject to hydrolysis) is 1. The second-order valence-electron chi connectivity index (χ2n) is 4.79. The van der Waals surface area contributed by atoms with Crippen LogP contribution in [0.5, 0.6) is 0 Å². The zero-order valence-electron chi connectivity index (χ0n) is 11.6. The minimum Gasteiger partial charge on any atom is -0.450 e. The van der Waals surface area contributed by atoms with Crippen molar-refractivity contribution in [3.05, 3.63) is 23.9 Å². The van der Waals surface area contributed by atoms with Crippen molar-refractivity contribution in [1.82, 2.24) is 10.3 Å². The van der Waals surface area contributed by atoms with Crippen LogP contribution in [0.1, 0.15) is 25.5 Å². The van der Waals surface area contributed by atoms with E-state index in [4.69, 9.17) is 4.74 Å². The van der Waals surface area contributed by atoms with Crippen LogP contribution in [-0.2, 0) is 4.74 Å². The molecular weight excluding hydrogens is 242 g/mol. The molecule has 0 radical (unpaired) electrons. The molecule has 1 fully saturated rings. The van der Waals surface area contributed by atoms with Gasteiger partial charge in [0.1, 0.15) is 5.82 Å².